The van der Waals surface area contributed by atoms with E-state index < -0.39 is 12.7 Å². The van der Waals surface area contributed by atoms with E-state index in [1.54, 1.807) is 12.4 Å². The zero-order chi connectivity index (χ0) is 14.9. The van der Waals surface area contributed by atoms with E-state index >= 15 is 0 Å². The van der Waals surface area contributed by atoms with Gasteiger partial charge in [-0.15, -0.1) is 0 Å². The molecule has 3 aromatic rings. The van der Waals surface area contributed by atoms with Crippen molar-refractivity contribution in [1.29, 1.82) is 0 Å². The number of fused-ring (bicyclic) bond motifs is 1. The summed E-state index contributed by atoms with van der Waals surface area (Å²) in [6.07, 6.45) is 2.05. The van der Waals surface area contributed by atoms with Gasteiger partial charge in [0, 0.05) is 41.3 Å². The summed E-state index contributed by atoms with van der Waals surface area (Å²) < 4.78 is 36.2. The third-order valence-corrected chi connectivity index (χ3v) is 2.83. The number of anilines is 1. The molecule has 5 nitrogen and oxygen atoms in total. The smallest absolute Gasteiger partial charge is 0.346 e. The second-order valence-electron chi connectivity index (χ2n) is 4.40. The molecule has 0 aromatic carbocycles. The Balaban J connectivity index is 1.80. The van der Waals surface area contributed by atoms with Crippen molar-refractivity contribution in [3.8, 4) is 11.1 Å². The second-order valence-corrected chi connectivity index (χ2v) is 4.40. The first-order valence-electron chi connectivity index (χ1n) is 6.07. The molecule has 21 heavy (non-hydrogen) atoms. The third kappa shape index (κ3) is 3.10. The topological polar surface area (TPSA) is 66.5 Å². The van der Waals surface area contributed by atoms with Crippen LogP contribution in [0, 0.1) is 0 Å². The van der Waals surface area contributed by atoms with Crippen LogP contribution in [0.15, 0.2) is 36.9 Å². The Hall–Kier alpha value is -2.64. The van der Waals surface area contributed by atoms with Crippen LogP contribution in [0.2, 0.25) is 0 Å². The zero-order valence-corrected chi connectivity index (χ0v) is 10.6. The molecule has 0 saturated carbocycles. The van der Waals surface area contributed by atoms with E-state index in [1.807, 2.05) is 12.1 Å². The highest BCUT2D eigenvalue weighted by atomic mass is 19.4. The first-order chi connectivity index (χ1) is 10.0. The Morgan fingerprint density at radius 1 is 1.05 bits per heavy atom. The summed E-state index contributed by atoms with van der Waals surface area (Å²) in [5.74, 6) is -0.0632. The van der Waals surface area contributed by atoms with Crippen molar-refractivity contribution >= 4 is 17.0 Å². The van der Waals surface area contributed by atoms with E-state index in [2.05, 4.69) is 25.3 Å². The fourth-order valence-corrected chi connectivity index (χ4v) is 1.85. The van der Waals surface area contributed by atoms with Gasteiger partial charge in [-0.2, -0.15) is 13.2 Å². The number of nitrogens with one attached hydrogen (secondary N) is 2. The molecule has 0 fully saturated rings. The fourth-order valence-electron chi connectivity index (χ4n) is 1.85. The van der Waals surface area contributed by atoms with Crippen LogP contribution in [0.1, 0.15) is 0 Å². The Morgan fingerprint density at radius 3 is 2.48 bits per heavy atom. The Kier molecular flexibility index (Phi) is 3.20. The van der Waals surface area contributed by atoms with Crippen molar-refractivity contribution in [3.63, 3.8) is 0 Å². The number of nitrogens with zero attached hydrogens (tertiary/aromatic N) is 3. The summed E-state index contributed by atoms with van der Waals surface area (Å²) in [6, 6.07) is 3.78. The standard InChI is InChI=1S/C13H10F3N5/c14-13(15,16)7-21-12-19-5-10(6-20-12)9-3-8-1-2-17-11(8)18-4-9/h1-6H,7H2,(H,17,18)(H,19,20,21). The summed E-state index contributed by atoms with van der Waals surface area (Å²) in [7, 11) is 0. The molecule has 2 N–H and O–H groups in total. The number of halogens is 3. The number of hydrogen-bond donors (Lipinski definition) is 2. The summed E-state index contributed by atoms with van der Waals surface area (Å²) in [5.41, 5.74) is 2.25. The summed E-state index contributed by atoms with van der Waals surface area (Å²) in [6.45, 7) is -1.16. The lowest BCUT2D eigenvalue weighted by molar-refractivity contribution is -0.115. The minimum absolute atomic E-state index is 0.0632. The molecule has 0 radical (unpaired) electrons. The van der Waals surface area contributed by atoms with Gasteiger partial charge in [0.05, 0.1) is 0 Å². The molecular formula is C13H10F3N5. The molecule has 3 rings (SSSR count). The van der Waals surface area contributed by atoms with Gasteiger partial charge in [0.15, 0.2) is 0 Å². The van der Waals surface area contributed by atoms with Gasteiger partial charge in [0.1, 0.15) is 12.2 Å². The molecule has 3 heterocycles. The minimum atomic E-state index is -4.30. The molecule has 3 aromatic heterocycles. The zero-order valence-electron chi connectivity index (χ0n) is 10.6. The molecular weight excluding hydrogens is 283 g/mol. The largest absolute Gasteiger partial charge is 0.405 e. The Morgan fingerprint density at radius 2 is 1.76 bits per heavy atom. The highest BCUT2D eigenvalue weighted by Gasteiger charge is 2.26. The van der Waals surface area contributed by atoms with Crippen LogP contribution in [-0.4, -0.2) is 32.7 Å². The molecule has 0 amide bonds. The molecule has 0 aliphatic rings. The quantitative estimate of drug-likeness (QED) is 0.779. The van der Waals surface area contributed by atoms with Crippen molar-refractivity contribution in [1.82, 2.24) is 19.9 Å². The molecule has 0 unspecified atom stereocenters. The summed E-state index contributed by atoms with van der Waals surface area (Å²) >= 11 is 0. The van der Waals surface area contributed by atoms with Gasteiger partial charge in [-0.3, -0.25) is 0 Å². The van der Waals surface area contributed by atoms with E-state index in [4.69, 9.17) is 0 Å². The molecule has 0 spiro atoms. The number of H-pyrrole nitrogens is 1. The summed E-state index contributed by atoms with van der Waals surface area (Å²) in [5, 5.41) is 3.06. The van der Waals surface area contributed by atoms with E-state index in [0.29, 0.717) is 5.56 Å². The monoisotopic (exact) mass is 293 g/mol. The van der Waals surface area contributed by atoms with Crippen LogP contribution in [0.5, 0.6) is 0 Å². The van der Waals surface area contributed by atoms with Gasteiger partial charge in [0.2, 0.25) is 5.95 Å². The Bertz CT molecular complexity index is 748. The lowest BCUT2D eigenvalue weighted by Gasteiger charge is -2.08. The molecule has 8 heteroatoms. The van der Waals surface area contributed by atoms with Crippen LogP contribution in [0.4, 0.5) is 19.1 Å². The highest BCUT2D eigenvalue weighted by molar-refractivity contribution is 5.80. The molecule has 0 atom stereocenters. The van der Waals surface area contributed by atoms with Crippen molar-refractivity contribution in [2.24, 2.45) is 0 Å². The molecule has 0 saturated heterocycles. The Labute approximate surface area is 117 Å². The van der Waals surface area contributed by atoms with Crippen LogP contribution < -0.4 is 5.32 Å². The number of aromatic amines is 1. The number of aromatic nitrogens is 4. The van der Waals surface area contributed by atoms with Crippen molar-refractivity contribution in [2.75, 3.05) is 11.9 Å². The van der Waals surface area contributed by atoms with Crippen molar-refractivity contribution in [3.05, 3.63) is 36.9 Å². The first-order valence-corrected chi connectivity index (χ1v) is 6.07. The maximum Gasteiger partial charge on any atom is 0.405 e. The van der Waals surface area contributed by atoms with Gasteiger partial charge in [0.25, 0.3) is 0 Å². The molecule has 0 bridgehead atoms. The van der Waals surface area contributed by atoms with Crippen LogP contribution in [0.3, 0.4) is 0 Å². The van der Waals surface area contributed by atoms with Gasteiger partial charge >= 0.3 is 6.18 Å². The van der Waals surface area contributed by atoms with Gasteiger partial charge in [-0.05, 0) is 12.1 Å². The van der Waals surface area contributed by atoms with E-state index in [0.717, 1.165) is 16.6 Å². The fraction of sp³-hybridized carbons (Fsp3) is 0.154. The van der Waals surface area contributed by atoms with E-state index in [9.17, 15) is 13.2 Å². The van der Waals surface area contributed by atoms with Crippen LogP contribution in [-0.2, 0) is 0 Å². The maximum absolute atomic E-state index is 12.1. The summed E-state index contributed by atoms with van der Waals surface area (Å²) in [4.78, 5) is 14.9. The highest BCUT2D eigenvalue weighted by Crippen LogP contribution is 2.21. The van der Waals surface area contributed by atoms with Gasteiger partial charge in [-0.1, -0.05) is 0 Å². The second kappa shape index (κ2) is 5.04. The van der Waals surface area contributed by atoms with E-state index in [1.165, 1.54) is 12.4 Å². The molecule has 108 valence electrons. The first kappa shape index (κ1) is 13.3. The average molecular weight is 293 g/mol. The number of hydrogen-bond acceptors (Lipinski definition) is 4. The number of rotatable bonds is 3. The minimum Gasteiger partial charge on any atom is -0.346 e. The lowest BCUT2D eigenvalue weighted by atomic mass is 10.1. The van der Waals surface area contributed by atoms with Crippen molar-refractivity contribution < 1.29 is 13.2 Å². The number of alkyl halides is 3. The van der Waals surface area contributed by atoms with E-state index in [-0.39, 0.29) is 5.95 Å². The lowest BCUT2D eigenvalue weighted by Crippen LogP contribution is -2.22. The number of pyridine rings is 1. The van der Waals surface area contributed by atoms with Crippen molar-refractivity contribution in [2.45, 2.75) is 6.18 Å². The molecule has 0 aliphatic heterocycles. The van der Waals surface area contributed by atoms with Gasteiger partial charge in [-0.25, -0.2) is 15.0 Å². The SMILES string of the molecule is FC(F)(F)CNc1ncc(-c2cnc3[nH]ccc3c2)cn1. The third-order valence-electron chi connectivity index (χ3n) is 2.83. The normalized spacial score (nSPS) is 11.8. The van der Waals surface area contributed by atoms with Crippen LogP contribution >= 0.6 is 0 Å². The van der Waals surface area contributed by atoms with Crippen LogP contribution in [0.25, 0.3) is 22.2 Å². The average Bonchev–Trinajstić information content (AvgIpc) is 2.92. The maximum atomic E-state index is 12.1. The molecule has 0 aliphatic carbocycles. The van der Waals surface area contributed by atoms with Gasteiger partial charge < -0.3 is 10.3 Å². The predicted octanol–water partition coefficient (Wildman–Crippen LogP) is 2.99. The predicted molar refractivity (Wildman–Crippen MR) is 71.7 cm³/mol.